The maximum Gasteiger partial charge on any atom is 0.269 e. The lowest BCUT2D eigenvalue weighted by Gasteiger charge is -2.29. The lowest BCUT2D eigenvalue weighted by Crippen LogP contribution is -2.34. The minimum atomic E-state index is -0.332. The van der Waals surface area contributed by atoms with Gasteiger partial charge in [0.2, 0.25) is 0 Å². The van der Waals surface area contributed by atoms with Gasteiger partial charge in [0.05, 0.1) is 47.6 Å². The molecule has 6 nitrogen and oxygen atoms in total. The quantitative estimate of drug-likeness (QED) is 0.507. The molecule has 0 saturated carbocycles. The summed E-state index contributed by atoms with van der Waals surface area (Å²) in [6, 6.07) is 11.2. The highest BCUT2D eigenvalue weighted by atomic mass is 35.5. The number of methoxy groups -OCH3 is 1. The van der Waals surface area contributed by atoms with Crippen LogP contribution in [0.4, 0.5) is 0 Å². The number of hydrogen-bond donors (Lipinski definition) is 0. The predicted molar refractivity (Wildman–Crippen MR) is 121 cm³/mol. The van der Waals surface area contributed by atoms with E-state index in [2.05, 4.69) is 4.98 Å². The molecule has 0 N–H and O–H groups in total. The highest BCUT2D eigenvalue weighted by Gasteiger charge is 2.22. The summed E-state index contributed by atoms with van der Waals surface area (Å²) in [4.78, 5) is 16.6. The molecule has 0 atom stereocenters. The maximum atomic E-state index is 12.4. The second kappa shape index (κ2) is 10.0. The molecule has 0 bridgehead atoms. The van der Waals surface area contributed by atoms with E-state index in [0.29, 0.717) is 47.9 Å². The normalized spacial score (nSPS) is 18.9. The highest BCUT2D eigenvalue weighted by molar-refractivity contribution is 6.42. The third-order valence-corrected chi connectivity index (χ3v) is 6.24. The Labute approximate surface area is 190 Å². The van der Waals surface area contributed by atoms with E-state index in [0.717, 1.165) is 29.4 Å². The molecule has 8 heteroatoms. The molecule has 1 fully saturated rings. The van der Waals surface area contributed by atoms with Crippen molar-refractivity contribution in [3.05, 3.63) is 68.6 Å². The molecule has 3 aromatic rings. The van der Waals surface area contributed by atoms with E-state index in [1.54, 1.807) is 11.7 Å². The van der Waals surface area contributed by atoms with Gasteiger partial charge in [-0.1, -0.05) is 29.3 Å². The Morgan fingerprint density at radius 1 is 1.10 bits per heavy atom. The number of aromatic nitrogens is 2. The number of nitrogens with zero attached hydrogens (tertiary/aromatic N) is 2. The summed E-state index contributed by atoms with van der Waals surface area (Å²) in [5.41, 5.74) is 2.47. The lowest BCUT2D eigenvalue weighted by molar-refractivity contribution is -0.204. The van der Waals surface area contributed by atoms with E-state index < -0.39 is 0 Å². The minimum Gasteiger partial charge on any atom is -0.497 e. The summed E-state index contributed by atoms with van der Waals surface area (Å²) in [5.74, 6) is 1.00. The van der Waals surface area contributed by atoms with Crippen LogP contribution in [-0.2, 0) is 22.4 Å². The number of aryl methyl sites for hydroxylation is 2. The number of hydrogen-bond acceptors (Lipinski definition) is 5. The van der Waals surface area contributed by atoms with Crippen molar-refractivity contribution in [1.82, 2.24) is 9.55 Å². The number of ether oxygens (including phenoxy) is 3. The fourth-order valence-corrected chi connectivity index (χ4v) is 4.04. The van der Waals surface area contributed by atoms with Gasteiger partial charge in [-0.2, -0.15) is 0 Å². The Morgan fingerprint density at radius 2 is 1.90 bits per heavy atom. The first-order valence-corrected chi connectivity index (χ1v) is 11.0. The van der Waals surface area contributed by atoms with Crippen molar-refractivity contribution in [3.8, 4) is 5.75 Å². The van der Waals surface area contributed by atoms with Crippen LogP contribution in [0, 0.1) is 5.92 Å². The van der Waals surface area contributed by atoms with Crippen LogP contribution < -0.4 is 10.3 Å². The van der Waals surface area contributed by atoms with Crippen LogP contribution in [0.3, 0.4) is 0 Å². The second-order valence-corrected chi connectivity index (χ2v) is 8.46. The predicted octanol–water partition coefficient (Wildman–Crippen LogP) is 4.72. The van der Waals surface area contributed by atoms with Gasteiger partial charge >= 0.3 is 0 Å². The molecule has 4 rings (SSSR count). The molecule has 1 saturated heterocycles. The number of halogens is 2. The average molecular weight is 463 g/mol. The maximum absolute atomic E-state index is 12.4. The van der Waals surface area contributed by atoms with Gasteiger partial charge in [0.15, 0.2) is 6.29 Å². The summed E-state index contributed by atoms with van der Waals surface area (Å²) in [5, 5.41) is 1.14. The van der Waals surface area contributed by atoms with Gasteiger partial charge in [0.25, 0.3) is 5.56 Å². The zero-order valence-electron chi connectivity index (χ0n) is 17.2. The van der Waals surface area contributed by atoms with E-state index >= 15 is 0 Å². The fraction of sp³-hybridized carbons (Fsp3) is 0.391. The molecule has 0 aliphatic carbocycles. The average Bonchev–Trinajstić information content (AvgIpc) is 2.79. The van der Waals surface area contributed by atoms with Crippen molar-refractivity contribution in [2.24, 2.45) is 5.92 Å². The zero-order chi connectivity index (χ0) is 21.8. The number of benzene rings is 2. The van der Waals surface area contributed by atoms with Crippen LogP contribution in [0.15, 0.2) is 47.4 Å². The van der Waals surface area contributed by atoms with Gasteiger partial charge in [0.1, 0.15) is 5.75 Å². The van der Waals surface area contributed by atoms with Gasteiger partial charge in [-0.05, 0) is 42.7 Å². The Balaban J connectivity index is 1.31. The molecule has 0 radical (unpaired) electrons. The third kappa shape index (κ3) is 5.39. The molecule has 1 aromatic heterocycles. The van der Waals surface area contributed by atoms with Crippen molar-refractivity contribution >= 4 is 34.2 Å². The van der Waals surface area contributed by atoms with Crippen molar-refractivity contribution in [2.75, 3.05) is 20.3 Å². The van der Waals surface area contributed by atoms with Crippen LogP contribution in [0.25, 0.3) is 11.0 Å². The first-order valence-electron chi connectivity index (χ1n) is 10.2. The molecule has 0 amide bonds. The van der Waals surface area contributed by atoms with Crippen molar-refractivity contribution < 1.29 is 14.2 Å². The van der Waals surface area contributed by atoms with E-state index in [9.17, 15) is 4.79 Å². The van der Waals surface area contributed by atoms with Crippen LogP contribution in [0.1, 0.15) is 18.4 Å². The fourth-order valence-electron chi connectivity index (χ4n) is 3.72. The van der Waals surface area contributed by atoms with E-state index in [1.165, 1.54) is 6.20 Å². The topological polar surface area (TPSA) is 62.6 Å². The molecule has 164 valence electrons. The van der Waals surface area contributed by atoms with Crippen LogP contribution in [-0.4, -0.2) is 36.2 Å². The summed E-state index contributed by atoms with van der Waals surface area (Å²) >= 11 is 12.1. The molecule has 2 heterocycles. The Kier molecular flexibility index (Phi) is 7.13. The first-order chi connectivity index (χ1) is 15.0. The Bertz CT molecular complexity index is 1110. The van der Waals surface area contributed by atoms with Gasteiger partial charge in [0, 0.05) is 24.9 Å². The molecule has 0 spiro atoms. The van der Waals surface area contributed by atoms with Crippen molar-refractivity contribution in [3.63, 3.8) is 0 Å². The third-order valence-electron chi connectivity index (χ3n) is 5.50. The van der Waals surface area contributed by atoms with E-state index in [1.807, 2.05) is 36.4 Å². The Hall–Kier alpha value is -2.12. The number of fused-ring (bicyclic) bond motifs is 1. The molecular formula is C23H24Cl2N2O4. The number of rotatable bonds is 7. The summed E-state index contributed by atoms with van der Waals surface area (Å²) in [7, 11) is 1.60. The largest absolute Gasteiger partial charge is 0.497 e. The minimum absolute atomic E-state index is 0.156. The van der Waals surface area contributed by atoms with Crippen LogP contribution >= 0.6 is 23.2 Å². The summed E-state index contributed by atoms with van der Waals surface area (Å²) in [6.45, 7) is 1.74. The molecule has 2 aromatic carbocycles. The van der Waals surface area contributed by atoms with Gasteiger partial charge in [-0.3, -0.25) is 4.79 Å². The highest BCUT2D eigenvalue weighted by Crippen LogP contribution is 2.25. The van der Waals surface area contributed by atoms with Crippen molar-refractivity contribution in [1.29, 1.82) is 0 Å². The monoisotopic (exact) mass is 462 g/mol. The smallest absolute Gasteiger partial charge is 0.269 e. The summed E-state index contributed by atoms with van der Waals surface area (Å²) < 4.78 is 18.8. The lowest BCUT2D eigenvalue weighted by atomic mass is 10.0. The van der Waals surface area contributed by atoms with Gasteiger partial charge < -0.3 is 18.8 Å². The van der Waals surface area contributed by atoms with E-state index in [-0.39, 0.29) is 11.8 Å². The standard InChI is InChI=1S/C23H24Cl2N2O4/c1-29-17-5-7-20-21(11-17)27(22(28)12-26-20)9-8-23-30-13-16(14-31-23)3-2-15-4-6-18(24)19(25)10-15/h4-7,10-12,16,23H,2-3,8-9,13-14H2,1H3. The SMILES string of the molecule is COc1ccc2ncc(=O)n(CCC3OCC(CCc4ccc(Cl)c(Cl)c4)CO3)c2c1. The first kappa shape index (κ1) is 22.1. The molecule has 31 heavy (non-hydrogen) atoms. The zero-order valence-corrected chi connectivity index (χ0v) is 18.7. The molecule has 0 unspecified atom stereocenters. The van der Waals surface area contributed by atoms with Crippen LogP contribution in [0.2, 0.25) is 10.0 Å². The molecule has 1 aliphatic heterocycles. The van der Waals surface area contributed by atoms with E-state index in [4.69, 9.17) is 37.4 Å². The second-order valence-electron chi connectivity index (χ2n) is 7.64. The van der Waals surface area contributed by atoms with Crippen LogP contribution in [0.5, 0.6) is 5.75 Å². The summed E-state index contributed by atoms with van der Waals surface area (Å²) in [6.07, 6.45) is 3.42. The molecule has 1 aliphatic rings. The van der Waals surface area contributed by atoms with Crippen molar-refractivity contribution in [2.45, 2.75) is 32.1 Å². The van der Waals surface area contributed by atoms with Gasteiger partial charge in [-0.15, -0.1) is 0 Å². The Morgan fingerprint density at radius 3 is 2.65 bits per heavy atom. The van der Waals surface area contributed by atoms with Gasteiger partial charge in [-0.25, -0.2) is 4.98 Å². The molecular weight excluding hydrogens is 439 g/mol.